The molecule has 1 aromatic rings. The first-order valence-corrected chi connectivity index (χ1v) is 7.39. The molecule has 1 aliphatic rings. The summed E-state index contributed by atoms with van der Waals surface area (Å²) in [5, 5.41) is 8.80. The summed E-state index contributed by atoms with van der Waals surface area (Å²) in [5.74, 6) is -0.157. The fraction of sp³-hybridized carbons (Fsp3) is 0.588. The monoisotopic (exact) mass is 277 g/mol. The van der Waals surface area contributed by atoms with Gasteiger partial charge in [-0.3, -0.25) is 0 Å². The first-order chi connectivity index (χ1) is 9.68. The second kappa shape index (κ2) is 8.01. The minimum Gasteiger partial charge on any atom is -0.381 e. The minimum absolute atomic E-state index is 0.0808. The van der Waals surface area contributed by atoms with Gasteiger partial charge in [0.15, 0.2) is 0 Å². The van der Waals surface area contributed by atoms with Gasteiger partial charge in [-0.2, -0.15) is 5.26 Å². The molecule has 0 saturated carbocycles. The van der Waals surface area contributed by atoms with Crippen LogP contribution in [0.1, 0.15) is 50.7 Å². The lowest BCUT2D eigenvalue weighted by Crippen LogP contribution is -2.34. The molecule has 1 aromatic carbocycles. The molecule has 1 aliphatic heterocycles. The van der Waals surface area contributed by atoms with Gasteiger partial charge in [-0.25, -0.2) is 4.39 Å². The zero-order chi connectivity index (χ0) is 15.0. The summed E-state index contributed by atoms with van der Waals surface area (Å²) in [6, 6.07) is 7.67. The lowest BCUT2D eigenvalue weighted by atomic mass is 9.71. The van der Waals surface area contributed by atoms with Crippen molar-refractivity contribution in [1.82, 2.24) is 0 Å². The van der Waals surface area contributed by atoms with Crippen molar-refractivity contribution in [3.05, 3.63) is 35.1 Å². The first-order valence-electron chi connectivity index (χ1n) is 7.39. The molecule has 0 bridgehead atoms. The highest BCUT2D eigenvalue weighted by molar-refractivity contribution is 5.30. The lowest BCUT2D eigenvalue weighted by Gasteiger charge is -2.37. The Hall–Kier alpha value is -1.40. The fourth-order valence-corrected chi connectivity index (χ4v) is 2.66. The van der Waals surface area contributed by atoms with E-state index in [1.165, 1.54) is 0 Å². The number of halogens is 1. The van der Waals surface area contributed by atoms with E-state index in [4.69, 9.17) is 10.00 Å². The Labute approximate surface area is 121 Å². The van der Waals surface area contributed by atoms with Crippen molar-refractivity contribution in [1.29, 1.82) is 5.26 Å². The van der Waals surface area contributed by atoms with E-state index in [2.05, 4.69) is 6.07 Å². The van der Waals surface area contributed by atoms with E-state index in [0.29, 0.717) is 25.2 Å². The molecule has 0 atom stereocenters. The molecule has 1 saturated heterocycles. The second-order valence-electron chi connectivity index (χ2n) is 5.01. The molecule has 0 unspecified atom stereocenters. The van der Waals surface area contributed by atoms with E-state index < -0.39 is 0 Å². The average Bonchev–Trinajstić information content (AvgIpc) is 2.51. The Morgan fingerprint density at radius 1 is 1.30 bits per heavy atom. The fourth-order valence-electron chi connectivity index (χ4n) is 2.66. The quantitative estimate of drug-likeness (QED) is 0.814. The molecular formula is C17H24FNO. The molecule has 0 radical (unpaired) electrons. The number of hydrogen-bond donors (Lipinski definition) is 0. The van der Waals surface area contributed by atoms with Gasteiger partial charge < -0.3 is 4.74 Å². The van der Waals surface area contributed by atoms with E-state index >= 15 is 0 Å². The highest BCUT2D eigenvalue weighted by Crippen LogP contribution is 2.39. The van der Waals surface area contributed by atoms with Gasteiger partial charge in [0.25, 0.3) is 0 Å². The van der Waals surface area contributed by atoms with Crippen molar-refractivity contribution >= 4 is 0 Å². The summed E-state index contributed by atoms with van der Waals surface area (Å²) in [6.07, 6.45) is 3.04. The van der Waals surface area contributed by atoms with E-state index in [-0.39, 0.29) is 11.2 Å². The molecule has 110 valence electrons. The van der Waals surface area contributed by atoms with Gasteiger partial charge in [0.2, 0.25) is 0 Å². The standard InChI is InChI=1S/C15H18FNO.C2H6/c1-12-3-4-13(11-14(12)16)15(5-2-8-17)6-9-18-10-7-15;1-2/h3-4,11H,2,5-7,9-10H2,1H3;1-2H3. The smallest absolute Gasteiger partial charge is 0.126 e. The number of aryl methyl sites for hydroxylation is 1. The number of nitrogens with zero attached hydrogens (tertiary/aromatic N) is 1. The summed E-state index contributed by atoms with van der Waals surface area (Å²) >= 11 is 0. The van der Waals surface area contributed by atoms with Crippen molar-refractivity contribution < 1.29 is 9.13 Å². The first kappa shape index (κ1) is 16.7. The number of benzene rings is 1. The van der Waals surface area contributed by atoms with Crippen LogP contribution in [0, 0.1) is 24.1 Å². The molecule has 0 N–H and O–H groups in total. The summed E-state index contributed by atoms with van der Waals surface area (Å²) in [4.78, 5) is 0. The molecule has 1 heterocycles. The van der Waals surface area contributed by atoms with Crippen molar-refractivity contribution in [2.24, 2.45) is 0 Å². The Kier molecular flexibility index (Phi) is 6.67. The summed E-state index contributed by atoms with van der Waals surface area (Å²) in [5.41, 5.74) is 1.60. The van der Waals surface area contributed by atoms with Crippen molar-refractivity contribution in [3.63, 3.8) is 0 Å². The van der Waals surface area contributed by atoms with E-state index in [1.807, 2.05) is 26.0 Å². The maximum atomic E-state index is 13.7. The Balaban J connectivity index is 0.000000956. The van der Waals surface area contributed by atoms with Crippen LogP contribution in [0.4, 0.5) is 4.39 Å². The Morgan fingerprint density at radius 2 is 1.95 bits per heavy atom. The van der Waals surface area contributed by atoms with Crippen molar-refractivity contribution in [2.75, 3.05) is 13.2 Å². The molecule has 0 aliphatic carbocycles. The SMILES string of the molecule is CC.Cc1ccc(C2(CCC#N)CCOCC2)cc1F. The van der Waals surface area contributed by atoms with E-state index in [0.717, 1.165) is 24.8 Å². The van der Waals surface area contributed by atoms with Crippen LogP contribution in [0.15, 0.2) is 18.2 Å². The van der Waals surface area contributed by atoms with Crippen LogP contribution in [0.3, 0.4) is 0 Å². The summed E-state index contributed by atoms with van der Waals surface area (Å²) in [6.45, 7) is 7.16. The summed E-state index contributed by atoms with van der Waals surface area (Å²) in [7, 11) is 0. The van der Waals surface area contributed by atoms with Gasteiger partial charge in [0, 0.05) is 25.0 Å². The molecule has 0 amide bonds. The second-order valence-corrected chi connectivity index (χ2v) is 5.01. The van der Waals surface area contributed by atoms with Gasteiger partial charge in [-0.15, -0.1) is 0 Å². The number of ether oxygens (including phenoxy) is 1. The van der Waals surface area contributed by atoms with Crippen LogP contribution in [0.2, 0.25) is 0 Å². The summed E-state index contributed by atoms with van der Waals surface area (Å²) < 4.78 is 19.1. The molecule has 3 heteroatoms. The zero-order valence-electron chi connectivity index (χ0n) is 12.7. The minimum atomic E-state index is -0.157. The van der Waals surface area contributed by atoms with Crippen LogP contribution >= 0.6 is 0 Å². The molecular weight excluding hydrogens is 253 g/mol. The van der Waals surface area contributed by atoms with Crippen molar-refractivity contribution in [3.8, 4) is 6.07 Å². The van der Waals surface area contributed by atoms with Gasteiger partial charge in [0.05, 0.1) is 6.07 Å². The highest BCUT2D eigenvalue weighted by Gasteiger charge is 2.34. The number of hydrogen-bond acceptors (Lipinski definition) is 2. The van der Waals surface area contributed by atoms with Gasteiger partial charge in [-0.05, 0) is 43.4 Å². The van der Waals surface area contributed by atoms with Crippen LogP contribution < -0.4 is 0 Å². The van der Waals surface area contributed by atoms with Crippen LogP contribution in [0.25, 0.3) is 0 Å². The molecule has 2 rings (SSSR count). The third kappa shape index (κ3) is 3.80. The number of nitriles is 1. The zero-order valence-corrected chi connectivity index (χ0v) is 12.7. The van der Waals surface area contributed by atoms with Gasteiger partial charge >= 0.3 is 0 Å². The third-order valence-corrected chi connectivity index (χ3v) is 3.95. The third-order valence-electron chi connectivity index (χ3n) is 3.95. The molecule has 0 spiro atoms. The highest BCUT2D eigenvalue weighted by atomic mass is 19.1. The molecule has 1 fully saturated rings. The predicted octanol–water partition coefficient (Wildman–Crippen LogP) is 4.51. The maximum Gasteiger partial charge on any atom is 0.126 e. The van der Waals surface area contributed by atoms with Gasteiger partial charge in [0.1, 0.15) is 5.82 Å². The van der Waals surface area contributed by atoms with Gasteiger partial charge in [-0.1, -0.05) is 26.0 Å². The Morgan fingerprint density at radius 3 is 2.50 bits per heavy atom. The van der Waals surface area contributed by atoms with Crippen molar-refractivity contribution in [2.45, 2.75) is 51.9 Å². The molecule has 0 aromatic heterocycles. The van der Waals surface area contributed by atoms with Crippen LogP contribution in [-0.4, -0.2) is 13.2 Å². The molecule has 2 nitrogen and oxygen atoms in total. The van der Waals surface area contributed by atoms with Crippen LogP contribution in [0.5, 0.6) is 0 Å². The lowest BCUT2D eigenvalue weighted by molar-refractivity contribution is 0.0472. The Bertz CT molecular complexity index is 459. The maximum absolute atomic E-state index is 13.7. The average molecular weight is 277 g/mol. The largest absolute Gasteiger partial charge is 0.381 e. The van der Waals surface area contributed by atoms with E-state index in [1.54, 1.807) is 13.0 Å². The number of rotatable bonds is 3. The topological polar surface area (TPSA) is 33.0 Å². The molecule has 20 heavy (non-hydrogen) atoms. The predicted molar refractivity (Wildman–Crippen MR) is 79.1 cm³/mol. The van der Waals surface area contributed by atoms with E-state index in [9.17, 15) is 4.39 Å². The van der Waals surface area contributed by atoms with Crippen LogP contribution in [-0.2, 0) is 10.2 Å². The normalized spacial score (nSPS) is 16.8.